The van der Waals surface area contributed by atoms with Crippen molar-refractivity contribution < 1.29 is 9.53 Å². The number of carbonyl (C=O) groups excluding carboxylic acids is 1. The van der Waals surface area contributed by atoms with Crippen molar-refractivity contribution in [3.8, 4) is 0 Å². The van der Waals surface area contributed by atoms with E-state index >= 15 is 0 Å². The third-order valence-corrected chi connectivity index (χ3v) is 3.59. The van der Waals surface area contributed by atoms with Crippen molar-refractivity contribution in [2.75, 3.05) is 32.8 Å². The molecule has 2 aliphatic rings. The number of rotatable bonds is 5. The summed E-state index contributed by atoms with van der Waals surface area (Å²) in [7, 11) is 0. The maximum atomic E-state index is 11.6. The molecule has 0 radical (unpaired) electrons. The van der Waals surface area contributed by atoms with Gasteiger partial charge in [0.1, 0.15) is 0 Å². The minimum Gasteiger partial charge on any atom is -0.381 e. The van der Waals surface area contributed by atoms with E-state index in [0.29, 0.717) is 17.9 Å². The normalized spacial score (nSPS) is 27.7. The number of amides is 1. The van der Waals surface area contributed by atoms with Gasteiger partial charge in [-0.15, -0.1) is 0 Å². The first kappa shape index (κ1) is 11.9. The smallest absolute Gasteiger partial charge is 0.222 e. The van der Waals surface area contributed by atoms with Gasteiger partial charge in [0.15, 0.2) is 0 Å². The second-order valence-electron chi connectivity index (χ2n) is 4.73. The number of hydrogen-bond donors (Lipinski definition) is 1. The van der Waals surface area contributed by atoms with Crippen molar-refractivity contribution in [2.45, 2.75) is 32.2 Å². The summed E-state index contributed by atoms with van der Waals surface area (Å²) in [4.78, 5) is 13.6. The average molecular weight is 226 g/mol. The van der Waals surface area contributed by atoms with Gasteiger partial charge in [-0.2, -0.15) is 0 Å². The van der Waals surface area contributed by atoms with Gasteiger partial charge < -0.3 is 15.0 Å². The summed E-state index contributed by atoms with van der Waals surface area (Å²) >= 11 is 0. The van der Waals surface area contributed by atoms with E-state index in [9.17, 15) is 4.79 Å². The van der Waals surface area contributed by atoms with Crippen molar-refractivity contribution in [3.05, 3.63) is 0 Å². The molecule has 0 aliphatic carbocycles. The molecule has 1 N–H and O–H groups in total. The molecule has 2 unspecified atom stereocenters. The molecule has 0 saturated carbocycles. The predicted octanol–water partition coefficient (Wildman–Crippen LogP) is 0.623. The van der Waals surface area contributed by atoms with E-state index in [4.69, 9.17) is 4.74 Å². The van der Waals surface area contributed by atoms with Crippen LogP contribution in [0.5, 0.6) is 0 Å². The first-order valence-corrected chi connectivity index (χ1v) is 6.40. The van der Waals surface area contributed by atoms with Gasteiger partial charge in [-0.3, -0.25) is 4.79 Å². The third-order valence-electron chi connectivity index (χ3n) is 3.59. The van der Waals surface area contributed by atoms with Crippen LogP contribution in [0, 0.1) is 5.92 Å². The molecular weight excluding hydrogens is 204 g/mol. The van der Waals surface area contributed by atoms with Gasteiger partial charge in [0, 0.05) is 38.1 Å². The largest absolute Gasteiger partial charge is 0.381 e. The molecule has 2 aliphatic heterocycles. The van der Waals surface area contributed by atoms with Gasteiger partial charge >= 0.3 is 0 Å². The molecule has 2 saturated heterocycles. The molecule has 2 fully saturated rings. The topological polar surface area (TPSA) is 41.6 Å². The Balaban J connectivity index is 1.88. The molecule has 0 aromatic heterocycles. The molecule has 2 rings (SSSR count). The molecule has 16 heavy (non-hydrogen) atoms. The van der Waals surface area contributed by atoms with E-state index in [1.54, 1.807) is 0 Å². The standard InChI is InChI=1S/C12H22N2O2/c1-2-13-11(10-5-7-16-9-10)8-14-6-3-4-12(14)15/h10-11,13H,2-9H2,1H3. The van der Waals surface area contributed by atoms with Gasteiger partial charge in [-0.1, -0.05) is 6.92 Å². The molecule has 0 aromatic carbocycles. The van der Waals surface area contributed by atoms with Gasteiger partial charge in [0.2, 0.25) is 5.91 Å². The highest BCUT2D eigenvalue weighted by molar-refractivity contribution is 5.78. The third kappa shape index (κ3) is 2.74. The molecule has 0 bridgehead atoms. The van der Waals surface area contributed by atoms with Crippen molar-refractivity contribution in [3.63, 3.8) is 0 Å². The molecule has 92 valence electrons. The number of likely N-dealkylation sites (tertiary alicyclic amines) is 1. The summed E-state index contributed by atoms with van der Waals surface area (Å²) in [5.41, 5.74) is 0. The molecule has 2 heterocycles. The number of ether oxygens (including phenoxy) is 1. The van der Waals surface area contributed by atoms with Crippen LogP contribution in [0.25, 0.3) is 0 Å². The monoisotopic (exact) mass is 226 g/mol. The van der Waals surface area contributed by atoms with E-state index in [1.165, 1.54) is 0 Å². The summed E-state index contributed by atoms with van der Waals surface area (Å²) < 4.78 is 5.43. The molecule has 4 nitrogen and oxygen atoms in total. The molecular formula is C12H22N2O2. The van der Waals surface area contributed by atoms with Crippen molar-refractivity contribution in [1.82, 2.24) is 10.2 Å². The number of carbonyl (C=O) groups is 1. The molecule has 4 heteroatoms. The zero-order valence-corrected chi connectivity index (χ0v) is 10.1. The number of likely N-dealkylation sites (N-methyl/N-ethyl adjacent to an activating group) is 1. The van der Waals surface area contributed by atoms with Crippen LogP contribution in [0.15, 0.2) is 0 Å². The zero-order chi connectivity index (χ0) is 11.4. The highest BCUT2D eigenvalue weighted by Gasteiger charge is 2.29. The fraction of sp³-hybridized carbons (Fsp3) is 0.917. The SMILES string of the molecule is CCNC(CN1CCCC1=O)C1CCOC1. The van der Waals surface area contributed by atoms with Crippen LogP contribution < -0.4 is 5.32 Å². The Morgan fingerprint density at radius 3 is 3.06 bits per heavy atom. The van der Waals surface area contributed by atoms with E-state index in [2.05, 4.69) is 12.2 Å². The Labute approximate surface area is 97.3 Å². The summed E-state index contributed by atoms with van der Waals surface area (Å²) in [6.45, 7) is 6.60. The molecule has 1 amide bonds. The van der Waals surface area contributed by atoms with Gasteiger partial charge in [0.25, 0.3) is 0 Å². The van der Waals surface area contributed by atoms with Crippen LogP contribution in [-0.4, -0.2) is 49.7 Å². The second-order valence-corrected chi connectivity index (χ2v) is 4.73. The zero-order valence-electron chi connectivity index (χ0n) is 10.1. The summed E-state index contributed by atoms with van der Waals surface area (Å²) in [5, 5.41) is 3.50. The maximum Gasteiger partial charge on any atom is 0.222 e. The Morgan fingerprint density at radius 2 is 2.50 bits per heavy atom. The molecule has 0 aromatic rings. The molecule has 0 spiro atoms. The minimum absolute atomic E-state index is 0.321. The average Bonchev–Trinajstić information content (AvgIpc) is 2.90. The van der Waals surface area contributed by atoms with Crippen LogP contribution in [0.2, 0.25) is 0 Å². The van der Waals surface area contributed by atoms with Crippen LogP contribution >= 0.6 is 0 Å². The fourth-order valence-corrected chi connectivity index (χ4v) is 2.65. The Hall–Kier alpha value is -0.610. The highest BCUT2D eigenvalue weighted by atomic mass is 16.5. The van der Waals surface area contributed by atoms with Crippen LogP contribution in [0.3, 0.4) is 0 Å². The minimum atomic E-state index is 0.321. The Kier molecular flexibility index (Phi) is 4.18. The summed E-state index contributed by atoms with van der Waals surface area (Å²) in [6.07, 6.45) is 2.89. The number of nitrogens with one attached hydrogen (secondary N) is 1. The van der Waals surface area contributed by atoms with Crippen molar-refractivity contribution in [1.29, 1.82) is 0 Å². The van der Waals surface area contributed by atoms with Gasteiger partial charge in [-0.25, -0.2) is 0 Å². The van der Waals surface area contributed by atoms with E-state index in [0.717, 1.165) is 52.1 Å². The first-order chi connectivity index (χ1) is 7.81. The van der Waals surface area contributed by atoms with E-state index in [1.807, 2.05) is 4.90 Å². The van der Waals surface area contributed by atoms with E-state index < -0.39 is 0 Å². The van der Waals surface area contributed by atoms with Crippen LogP contribution in [0.4, 0.5) is 0 Å². The lowest BCUT2D eigenvalue weighted by molar-refractivity contribution is -0.128. The van der Waals surface area contributed by atoms with Crippen molar-refractivity contribution in [2.24, 2.45) is 5.92 Å². The van der Waals surface area contributed by atoms with Gasteiger partial charge in [0.05, 0.1) is 6.61 Å². The maximum absolute atomic E-state index is 11.6. The summed E-state index contributed by atoms with van der Waals surface area (Å²) in [5.74, 6) is 0.898. The van der Waals surface area contributed by atoms with Gasteiger partial charge in [-0.05, 0) is 19.4 Å². The van der Waals surface area contributed by atoms with Crippen molar-refractivity contribution >= 4 is 5.91 Å². The molecule has 2 atom stereocenters. The Morgan fingerprint density at radius 1 is 1.62 bits per heavy atom. The lowest BCUT2D eigenvalue weighted by atomic mass is 9.98. The van der Waals surface area contributed by atoms with Crippen LogP contribution in [0.1, 0.15) is 26.2 Å². The second kappa shape index (κ2) is 5.64. The quantitative estimate of drug-likeness (QED) is 0.747. The lowest BCUT2D eigenvalue weighted by Crippen LogP contribution is -2.46. The lowest BCUT2D eigenvalue weighted by Gasteiger charge is -2.28. The number of nitrogens with zero attached hydrogens (tertiary/aromatic N) is 1. The Bertz CT molecular complexity index is 239. The van der Waals surface area contributed by atoms with E-state index in [-0.39, 0.29) is 0 Å². The first-order valence-electron chi connectivity index (χ1n) is 6.40. The number of hydrogen-bond acceptors (Lipinski definition) is 3. The predicted molar refractivity (Wildman–Crippen MR) is 62.2 cm³/mol. The summed E-state index contributed by atoms with van der Waals surface area (Å²) in [6, 6.07) is 0.412. The van der Waals surface area contributed by atoms with Crippen LogP contribution in [-0.2, 0) is 9.53 Å². The fourth-order valence-electron chi connectivity index (χ4n) is 2.65. The highest BCUT2D eigenvalue weighted by Crippen LogP contribution is 2.19.